The van der Waals surface area contributed by atoms with Gasteiger partial charge in [-0.1, -0.05) is 12.1 Å². The summed E-state index contributed by atoms with van der Waals surface area (Å²) in [5.74, 6) is -5.21. The number of nitrogens with zero attached hydrogens (tertiary/aromatic N) is 3. The van der Waals surface area contributed by atoms with Crippen LogP contribution in [0.15, 0.2) is 24.3 Å². The average molecular weight is 523 g/mol. The van der Waals surface area contributed by atoms with Crippen molar-refractivity contribution >= 4 is 27.7 Å². The van der Waals surface area contributed by atoms with Crippen molar-refractivity contribution in [2.45, 2.75) is 25.5 Å². The number of carbonyl (C=O) groups excluding carboxylic acids is 2. The number of ether oxygens (including phenoxy) is 2. The van der Waals surface area contributed by atoms with Gasteiger partial charge in [0.2, 0.25) is 21.8 Å². The minimum Gasteiger partial charge on any atom is -0.480 e. The van der Waals surface area contributed by atoms with Crippen LogP contribution in [-0.2, 0) is 25.3 Å². The lowest BCUT2D eigenvalue weighted by Crippen LogP contribution is -2.43. The second-order valence-corrected chi connectivity index (χ2v) is 9.67. The Morgan fingerprint density at radius 3 is 2.58 bits per heavy atom. The van der Waals surface area contributed by atoms with Gasteiger partial charge in [0.25, 0.3) is 0 Å². The molecule has 1 aromatic heterocycles. The van der Waals surface area contributed by atoms with Crippen molar-refractivity contribution in [3.8, 4) is 11.9 Å². The van der Waals surface area contributed by atoms with Crippen LogP contribution >= 0.6 is 0 Å². The van der Waals surface area contributed by atoms with Crippen LogP contribution in [0.2, 0.25) is 0 Å². The molecule has 3 rings (SSSR count). The van der Waals surface area contributed by atoms with E-state index < -0.39 is 45.2 Å². The Kier molecular flexibility index (Phi) is 8.41. The zero-order valence-electron chi connectivity index (χ0n) is 19.6. The summed E-state index contributed by atoms with van der Waals surface area (Å²) < 4.78 is 64.0. The summed E-state index contributed by atoms with van der Waals surface area (Å²) in [5.41, 5.74) is -0.268. The Hall–Kier alpha value is -3.79. The van der Waals surface area contributed by atoms with E-state index in [0.717, 1.165) is 12.1 Å². The van der Waals surface area contributed by atoms with Crippen LogP contribution < -0.4 is 14.4 Å². The molecule has 2 aromatic rings. The largest absolute Gasteiger partial charge is 0.480 e. The fraction of sp³-hybridized carbons (Fsp3) is 0.391. The summed E-state index contributed by atoms with van der Waals surface area (Å²) in [6.45, 7) is 2.30. The van der Waals surface area contributed by atoms with E-state index >= 15 is 0 Å². The number of benzene rings is 1. The van der Waals surface area contributed by atoms with Crippen LogP contribution in [0.3, 0.4) is 0 Å². The summed E-state index contributed by atoms with van der Waals surface area (Å²) in [6, 6.07) is 6.50. The van der Waals surface area contributed by atoms with Crippen LogP contribution in [0.4, 0.5) is 14.6 Å². The highest BCUT2D eigenvalue weighted by atomic mass is 32.2. The molecule has 10 nitrogen and oxygen atoms in total. The molecule has 1 N–H and O–H groups in total. The highest BCUT2D eigenvalue weighted by molar-refractivity contribution is 7.89. The van der Waals surface area contributed by atoms with Gasteiger partial charge in [-0.15, -0.1) is 0 Å². The molecular formula is C23H24F2N4O6S. The van der Waals surface area contributed by atoms with E-state index in [1.807, 2.05) is 10.8 Å². The van der Waals surface area contributed by atoms with Crippen molar-refractivity contribution < 1.29 is 36.3 Å². The number of esters is 1. The minimum atomic E-state index is -4.26. The second-order valence-electron chi connectivity index (χ2n) is 7.95. The molecule has 1 aromatic carbocycles. The lowest BCUT2D eigenvalue weighted by Gasteiger charge is -2.32. The van der Waals surface area contributed by atoms with Crippen LogP contribution in [-0.4, -0.2) is 52.1 Å². The maximum Gasteiger partial charge on any atom is 0.343 e. The maximum atomic E-state index is 13.8. The Morgan fingerprint density at radius 2 is 1.97 bits per heavy atom. The van der Waals surface area contributed by atoms with E-state index in [9.17, 15) is 32.0 Å². The first kappa shape index (κ1) is 26.8. The van der Waals surface area contributed by atoms with Crippen molar-refractivity contribution in [2.75, 3.05) is 31.7 Å². The van der Waals surface area contributed by atoms with E-state index in [0.29, 0.717) is 0 Å². The maximum absolute atomic E-state index is 13.8. The topological polar surface area (TPSA) is 139 Å². The van der Waals surface area contributed by atoms with Gasteiger partial charge >= 0.3 is 5.97 Å². The molecule has 13 heteroatoms. The lowest BCUT2D eigenvalue weighted by molar-refractivity contribution is -0.123. The molecule has 1 fully saturated rings. The number of nitrogens with one attached hydrogen (secondary N) is 1. The molecule has 0 spiro atoms. The van der Waals surface area contributed by atoms with Gasteiger partial charge in [-0.25, -0.2) is 22.0 Å². The second kappa shape index (κ2) is 11.3. The van der Waals surface area contributed by atoms with Gasteiger partial charge in [-0.3, -0.25) is 9.52 Å². The number of piperidine rings is 1. The predicted molar refractivity (Wildman–Crippen MR) is 124 cm³/mol. The number of nitriles is 1. The highest BCUT2D eigenvalue weighted by Gasteiger charge is 2.31. The molecule has 1 aliphatic heterocycles. The first-order valence-electron chi connectivity index (χ1n) is 11.0. The summed E-state index contributed by atoms with van der Waals surface area (Å²) in [5, 5.41) is 9.58. The Morgan fingerprint density at radius 1 is 1.28 bits per heavy atom. The number of hydrogen-bond acceptors (Lipinski definition) is 9. The smallest absolute Gasteiger partial charge is 0.343 e. The van der Waals surface area contributed by atoms with Crippen molar-refractivity contribution in [3.63, 3.8) is 0 Å². The van der Waals surface area contributed by atoms with E-state index in [1.54, 1.807) is 11.8 Å². The zero-order valence-corrected chi connectivity index (χ0v) is 20.4. The predicted octanol–water partition coefficient (Wildman–Crippen LogP) is 2.28. The van der Waals surface area contributed by atoms with E-state index in [1.165, 1.54) is 19.2 Å². The molecule has 0 atom stereocenters. The summed E-state index contributed by atoms with van der Waals surface area (Å²) in [7, 11) is -2.93. The molecule has 0 saturated carbocycles. The normalized spacial score (nSPS) is 14.1. The van der Waals surface area contributed by atoms with E-state index in [-0.39, 0.29) is 60.9 Å². The van der Waals surface area contributed by atoms with E-state index in [2.05, 4.69) is 4.98 Å². The minimum absolute atomic E-state index is 0.00820. The Labute approximate surface area is 206 Å². The van der Waals surface area contributed by atoms with Crippen molar-refractivity contribution in [2.24, 2.45) is 5.92 Å². The van der Waals surface area contributed by atoms with Gasteiger partial charge in [0.15, 0.2) is 17.5 Å². The third kappa shape index (κ3) is 6.06. The molecule has 1 aliphatic rings. The van der Waals surface area contributed by atoms with Crippen LogP contribution in [0, 0.1) is 28.9 Å². The van der Waals surface area contributed by atoms with Crippen LogP contribution in [0.5, 0.6) is 5.88 Å². The number of carbonyl (C=O) groups is 2. The van der Waals surface area contributed by atoms with Gasteiger partial charge in [-0.2, -0.15) is 10.2 Å². The third-order valence-corrected chi connectivity index (χ3v) is 6.78. The molecule has 0 aliphatic carbocycles. The average Bonchev–Trinajstić information content (AvgIpc) is 2.85. The fourth-order valence-corrected chi connectivity index (χ4v) is 4.99. The number of sulfonamides is 1. The van der Waals surface area contributed by atoms with Gasteiger partial charge < -0.3 is 14.4 Å². The molecule has 0 radical (unpaired) electrons. The van der Waals surface area contributed by atoms with Crippen molar-refractivity contribution in [3.05, 3.63) is 52.6 Å². The van der Waals surface area contributed by atoms with Gasteiger partial charge in [-0.05, 0) is 31.9 Å². The third-order valence-electron chi connectivity index (χ3n) is 5.58. The van der Waals surface area contributed by atoms with E-state index in [4.69, 9.17) is 9.47 Å². The molecule has 1 amide bonds. The van der Waals surface area contributed by atoms with Crippen molar-refractivity contribution in [1.82, 2.24) is 9.71 Å². The van der Waals surface area contributed by atoms with Gasteiger partial charge in [0, 0.05) is 24.6 Å². The number of methoxy groups -OCH3 is 1. The van der Waals surface area contributed by atoms with Gasteiger partial charge in [0.05, 0.1) is 25.0 Å². The monoisotopic (exact) mass is 522 g/mol. The first-order chi connectivity index (χ1) is 17.1. The number of aromatic nitrogens is 1. The van der Waals surface area contributed by atoms with Gasteiger partial charge in [0.1, 0.15) is 11.6 Å². The Bertz CT molecular complexity index is 1300. The SMILES string of the molecule is CCOC(=O)c1cc(C#N)c(N2CCC(C(=O)NS(=O)(=O)Cc3cccc(F)c3F)CC2)nc1OC. The number of pyridine rings is 1. The number of anilines is 1. The molecule has 2 heterocycles. The number of amides is 1. The summed E-state index contributed by atoms with van der Waals surface area (Å²) >= 11 is 0. The molecule has 1 saturated heterocycles. The van der Waals surface area contributed by atoms with Crippen LogP contribution in [0.1, 0.15) is 41.3 Å². The van der Waals surface area contributed by atoms with Crippen molar-refractivity contribution in [1.29, 1.82) is 5.26 Å². The molecule has 0 unspecified atom stereocenters. The number of halogens is 2. The summed E-state index contributed by atoms with van der Waals surface area (Å²) in [6.07, 6.45) is 0.480. The number of rotatable bonds is 8. The molecule has 0 bridgehead atoms. The van der Waals surface area contributed by atoms with Crippen LogP contribution in [0.25, 0.3) is 0 Å². The first-order valence-corrected chi connectivity index (χ1v) is 12.6. The highest BCUT2D eigenvalue weighted by Crippen LogP contribution is 2.29. The molecule has 192 valence electrons. The fourth-order valence-electron chi connectivity index (χ4n) is 3.81. The molecule has 36 heavy (non-hydrogen) atoms. The number of hydrogen-bond donors (Lipinski definition) is 1. The quantitative estimate of drug-likeness (QED) is 0.517. The lowest BCUT2D eigenvalue weighted by atomic mass is 9.96. The molecular weight excluding hydrogens is 498 g/mol. The summed E-state index contributed by atoms with van der Waals surface area (Å²) in [4.78, 5) is 30.8. The standard InChI is InChI=1S/C23H24F2N4O6S/c1-3-35-23(31)17-11-16(12-26)20(27-22(17)34-2)29-9-7-14(8-10-29)21(30)28-36(32,33)13-15-5-4-6-18(24)19(15)25/h4-6,11,14H,3,7-10,13H2,1-2H3,(H,28,30). The zero-order chi connectivity index (χ0) is 26.5. The Balaban J connectivity index is 1.68.